The maximum Gasteiger partial charge on any atom is 0.252 e. The Kier molecular flexibility index (Phi) is 7.06. The number of likely N-dealkylation sites (N-methyl/N-ethyl adjacent to an activating group) is 1. The highest BCUT2D eigenvalue weighted by Gasteiger charge is 2.42. The van der Waals surface area contributed by atoms with Crippen LogP contribution in [0.3, 0.4) is 0 Å². The van der Waals surface area contributed by atoms with E-state index in [0.717, 1.165) is 5.56 Å². The first-order chi connectivity index (χ1) is 14.9. The zero-order valence-corrected chi connectivity index (χ0v) is 18.4. The van der Waals surface area contributed by atoms with E-state index in [9.17, 15) is 14.0 Å². The van der Waals surface area contributed by atoms with E-state index < -0.39 is 11.9 Å². The van der Waals surface area contributed by atoms with Gasteiger partial charge in [0.1, 0.15) is 11.9 Å². The Hall–Kier alpha value is -3.20. The maximum atomic E-state index is 13.1. The molecule has 1 N–H and O–H groups in total. The second kappa shape index (κ2) is 9.74. The van der Waals surface area contributed by atoms with Crippen LogP contribution in [0.4, 0.5) is 10.1 Å². The van der Waals surface area contributed by atoms with Crippen LogP contribution in [0.2, 0.25) is 0 Å². The first-order valence-corrected chi connectivity index (χ1v) is 10.2. The quantitative estimate of drug-likeness (QED) is 0.630. The molecule has 164 valence electrons. The number of benzene rings is 2. The Morgan fingerprint density at radius 1 is 1.13 bits per heavy atom. The molecule has 1 aliphatic heterocycles. The standard InChI is InChI=1S/C22H24FN3O4S/c1-4-25-21(28)17(12-20(27)24-16-8-6-15(23)7-9-16)26(22(25)31)13-14-5-10-18(29-2)19(11-14)30-3/h5-11,17H,4,12-13H2,1-3H3,(H,24,27)/t17-/m0/s1. The van der Waals surface area contributed by atoms with Crippen LogP contribution in [-0.4, -0.2) is 53.5 Å². The highest BCUT2D eigenvalue weighted by atomic mass is 32.1. The lowest BCUT2D eigenvalue weighted by Crippen LogP contribution is -2.37. The zero-order valence-electron chi connectivity index (χ0n) is 17.6. The number of amides is 2. The van der Waals surface area contributed by atoms with Crippen molar-refractivity contribution in [1.82, 2.24) is 9.80 Å². The molecule has 9 heteroatoms. The van der Waals surface area contributed by atoms with Gasteiger partial charge in [-0.15, -0.1) is 0 Å². The number of hydrogen-bond donors (Lipinski definition) is 1. The van der Waals surface area contributed by atoms with Crippen molar-refractivity contribution in [1.29, 1.82) is 0 Å². The van der Waals surface area contributed by atoms with Gasteiger partial charge in [-0.25, -0.2) is 4.39 Å². The molecule has 1 aliphatic rings. The summed E-state index contributed by atoms with van der Waals surface area (Å²) < 4.78 is 23.7. The van der Waals surface area contributed by atoms with Crippen molar-refractivity contribution in [3.63, 3.8) is 0 Å². The van der Waals surface area contributed by atoms with Crippen molar-refractivity contribution in [2.45, 2.75) is 25.9 Å². The summed E-state index contributed by atoms with van der Waals surface area (Å²) in [5.41, 5.74) is 1.31. The zero-order chi connectivity index (χ0) is 22.5. The maximum absolute atomic E-state index is 13.1. The van der Waals surface area contributed by atoms with Crippen molar-refractivity contribution in [2.75, 3.05) is 26.1 Å². The summed E-state index contributed by atoms with van der Waals surface area (Å²) in [6, 6.07) is 10.2. The lowest BCUT2D eigenvalue weighted by atomic mass is 10.1. The SMILES string of the molecule is CCN1C(=O)[C@H](CC(=O)Nc2ccc(F)cc2)N(Cc2ccc(OC)c(OC)c2)C1=S. The Balaban J connectivity index is 1.79. The van der Waals surface area contributed by atoms with Crippen LogP contribution in [0.25, 0.3) is 0 Å². The van der Waals surface area contributed by atoms with E-state index in [-0.39, 0.29) is 18.2 Å². The summed E-state index contributed by atoms with van der Waals surface area (Å²) in [5, 5.41) is 3.08. The molecule has 1 heterocycles. The molecule has 0 bridgehead atoms. The van der Waals surface area contributed by atoms with Crippen molar-refractivity contribution < 1.29 is 23.5 Å². The molecule has 0 radical (unpaired) electrons. The summed E-state index contributed by atoms with van der Waals surface area (Å²) >= 11 is 5.52. The fourth-order valence-corrected chi connectivity index (χ4v) is 3.87. The van der Waals surface area contributed by atoms with Gasteiger partial charge in [-0.3, -0.25) is 14.5 Å². The average molecular weight is 446 g/mol. The van der Waals surface area contributed by atoms with Crippen molar-refractivity contribution >= 4 is 34.8 Å². The van der Waals surface area contributed by atoms with E-state index in [4.69, 9.17) is 21.7 Å². The topological polar surface area (TPSA) is 71.1 Å². The molecule has 31 heavy (non-hydrogen) atoms. The molecule has 0 unspecified atom stereocenters. The van der Waals surface area contributed by atoms with Crippen LogP contribution >= 0.6 is 12.2 Å². The monoisotopic (exact) mass is 445 g/mol. The van der Waals surface area contributed by atoms with Crippen LogP contribution in [0.5, 0.6) is 11.5 Å². The first-order valence-electron chi connectivity index (χ1n) is 9.76. The van der Waals surface area contributed by atoms with Gasteiger partial charge >= 0.3 is 0 Å². The first kappa shape index (κ1) is 22.5. The number of thiocarbonyl (C=S) groups is 1. The Labute approximate surface area is 185 Å². The van der Waals surface area contributed by atoms with Gasteiger partial charge in [0.25, 0.3) is 5.91 Å². The van der Waals surface area contributed by atoms with Crippen molar-refractivity contribution in [3.8, 4) is 11.5 Å². The van der Waals surface area contributed by atoms with E-state index in [2.05, 4.69) is 5.32 Å². The van der Waals surface area contributed by atoms with Gasteiger partial charge in [0, 0.05) is 18.8 Å². The van der Waals surface area contributed by atoms with E-state index >= 15 is 0 Å². The molecule has 1 fully saturated rings. The molecule has 2 aromatic carbocycles. The van der Waals surface area contributed by atoms with Crippen molar-refractivity contribution in [2.24, 2.45) is 0 Å². The normalized spacial score (nSPS) is 15.9. The van der Waals surface area contributed by atoms with Gasteiger partial charge < -0.3 is 19.7 Å². The van der Waals surface area contributed by atoms with Crippen LogP contribution < -0.4 is 14.8 Å². The number of nitrogens with zero attached hydrogens (tertiary/aromatic N) is 2. The number of ether oxygens (including phenoxy) is 2. The summed E-state index contributed by atoms with van der Waals surface area (Å²) in [4.78, 5) is 28.8. The second-order valence-electron chi connectivity index (χ2n) is 6.96. The van der Waals surface area contributed by atoms with E-state index in [0.29, 0.717) is 35.4 Å². The fraction of sp³-hybridized carbons (Fsp3) is 0.318. The highest BCUT2D eigenvalue weighted by molar-refractivity contribution is 7.80. The van der Waals surface area contributed by atoms with Gasteiger partial charge in [0.15, 0.2) is 16.6 Å². The smallest absolute Gasteiger partial charge is 0.252 e. The third-order valence-electron chi connectivity index (χ3n) is 5.03. The lowest BCUT2D eigenvalue weighted by molar-refractivity contribution is -0.130. The number of anilines is 1. The number of hydrogen-bond acceptors (Lipinski definition) is 5. The molecular weight excluding hydrogens is 421 g/mol. The molecular formula is C22H24FN3O4S. The number of rotatable bonds is 8. The summed E-state index contributed by atoms with van der Waals surface area (Å²) in [6.45, 7) is 2.58. The third-order valence-corrected chi connectivity index (χ3v) is 5.48. The number of methoxy groups -OCH3 is 2. The molecule has 7 nitrogen and oxygen atoms in total. The van der Waals surface area contributed by atoms with Crippen molar-refractivity contribution in [3.05, 3.63) is 53.8 Å². The molecule has 0 saturated carbocycles. The fourth-order valence-electron chi connectivity index (χ4n) is 3.46. The lowest BCUT2D eigenvalue weighted by Gasteiger charge is -2.24. The van der Waals surface area contributed by atoms with Crippen LogP contribution in [-0.2, 0) is 16.1 Å². The minimum atomic E-state index is -0.735. The number of halogens is 1. The van der Waals surface area contributed by atoms with Gasteiger partial charge in [0.2, 0.25) is 5.91 Å². The second-order valence-corrected chi connectivity index (χ2v) is 7.32. The number of carbonyl (C=O) groups is 2. The number of carbonyl (C=O) groups excluding carboxylic acids is 2. The van der Waals surface area contributed by atoms with E-state index in [1.54, 1.807) is 25.2 Å². The average Bonchev–Trinajstić information content (AvgIpc) is 2.98. The van der Waals surface area contributed by atoms with E-state index in [1.807, 2.05) is 19.1 Å². The van der Waals surface area contributed by atoms with Gasteiger partial charge in [0.05, 0.1) is 20.6 Å². The molecule has 0 aliphatic carbocycles. The molecule has 0 spiro atoms. The Morgan fingerprint density at radius 2 is 1.81 bits per heavy atom. The van der Waals surface area contributed by atoms with Crippen LogP contribution in [0, 0.1) is 5.82 Å². The Bertz CT molecular complexity index is 983. The predicted molar refractivity (Wildman–Crippen MR) is 119 cm³/mol. The highest BCUT2D eigenvalue weighted by Crippen LogP contribution is 2.30. The minimum absolute atomic E-state index is 0.0832. The molecule has 3 rings (SSSR count). The summed E-state index contributed by atoms with van der Waals surface area (Å²) in [5.74, 6) is 0.186. The molecule has 1 saturated heterocycles. The minimum Gasteiger partial charge on any atom is -0.493 e. The van der Waals surface area contributed by atoms with Crippen LogP contribution in [0.1, 0.15) is 18.9 Å². The molecule has 1 atom stereocenters. The Morgan fingerprint density at radius 3 is 2.42 bits per heavy atom. The predicted octanol–water partition coefficient (Wildman–Crippen LogP) is 3.19. The van der Waals surface area contributed by atoms with Gasteiger partial charge in [-0.05, 0) is 61.1 Å². The molecule has 2 aromatic rings. The van der Waals surface area contributed by atoms with Gasteiger partial charge in [-0.2, -0.15) is 0 Å². The number of nitrogens with one attached hydrogen (secondary N) is 1. The summed E-state index contributed by atoms with van der Waals surface area (Å²) in [7, 11) is 3.10. The molecule has 2 amide bonds. The van der Waals surface area contributed by atoms with E-state index in [1.165, 1.54) is 29.2 Å². The molecule has 0 aromatic heterocycles. The third kappa shape index (κ3) is 4.93. The summed E-state index contributed by atoms with van der Waals surface area (Å²) in [6.07, 6.45) is -0.0832. The van der Waals surface area contributed by atoms with Gasteiger partial charge in [-0.1, -0.05) is 6.07 Å². The largest absolute Gasteiger partial charge is 0.493 e. The van der Waals surface area contributed by atoms with Crippen LogP contribution in [0.15, 0.2) is 42.5 Å².